The van der Waals surface area contributed by atoms with Gasteiger partial charge in [-0.2, -0.15) is 5.26 Å². The minimum Gasteiger partial charge on any atom is -0.354 e. The van der Waals surface area contributed by atoms with Crippen LogP contribution in [0.4, 0.5) is 0 Å². The van der Waals surface area contributed by atoms with Gasteiger partial charge in [0.1, 0.15) is 0 Å². The van der Waals surface area contributed by atoms with Crippen LogP contribution in [0.5, 0.6) is 0 Å². The Morgan fingerprint density at radius 3 is 2.83 bits per heavy atom. The van der Waals surface area contributed by atoms with Gasteiger partial charge in [0.15, 0.2) is 0 Å². The first-order chi connectivity index (χ1) is 8.48. The molecule has 0 saturated carbocycles. The number of nitrogens with zero attached hydrogens (tertiary/aromatic N) is 2. The molecule has 1 unspecified atom stereocenters. The summed E-state index contributed by atoms with van der Waals surface area (Å²) in [5.41, 5.74) is 1.13. The summed E-state index contributed by atoms with van der Waals surface area (Å²) in [6.45, 7) is 10.3. The van der Waals surface area contributed by atoms with Gasteiger partial charge in [-0.15, -0.1) is 0 Å². The molecule has 0 aliphatic heterocycles. The molecule has 100 valence electrons. The van der Waals surface area contributed by atoms with E-state index in [2.05, 4.69) is 48.3 Å². The van der Waals surface area contributed by atoms with E-state index in [4.69, 9.17) is 5.26 Å². The lowest BCUT2D eigenvalue weighted by Crippen LogP contribution is -2.17. The molecule has 1 atom stereocenters. The van der Waals surface area contributed by atoms with Crippen molar-refractivity contribution in [1.82, 2.24) is 9.88 Å². The third-order valence-corrected chi connectivity index (χ3v) is 3.30. The van der Waals surface area contributed by atoms with Crippen molar-refractivity contribution in [2.24, 2.45) is 5.41 Å². The zero-order chi connectivity index (χ0) is 13.6. The van der Waals surface area contributed by atoms with Crippen LogP contribution in [-0.2, 0) is 6.54 Å². The second-order valence-corrected chi connectivity index (χ2v) is 5.56. The molecule has 0 aromatic carbocycles. The van der Waals surface area contributed by atoms with Gasteiger partial charge in [0.25, 0.3) is 0 Å². The van der Waals surface area contributed by atoms with Gasteiger partial charge in [0.2, 0.25) is 0 Å². The minimum atomic E-state index is -0.201. The van der Waals surface area contributed by atoms with Crippen molar-refractivity contribution in [1.29, 1.82) is 5.26 Å². The molecule has 1 heterocycles. The van der Waals surface area contributed by atoms with Crippen LogP contribution in [0.3, 0.4) is 0 Å². The van der Waals surface area contributed by atoms with E-state index in [0.29, 0.717) is 6.04 Å². The summed E-state index contributed by atoms with van der Waals surface area (Å²) in [6.07, 6.45) is 6.32. The first kappa shape index (κ1) is 14.8. The molecule has 0 fully saturated rings. The first-order valence-electron chi connectivity index (χ1n) is 6.79. The summed E-state index contributed by atoms with van der Waals surface area (Å²) >= 11 is 0. The monoisotopic (exact) mass is 247 g/mol. The molecular weight excluding hydrogens is 222 g/mol. The van der Waals surface area contributed by atoms with Crippen molar-refractivity contribution in [3.8, 4) is 6.07 Å². The average molecular weight is 247 g/mol. The molecule has 0 bridgehead atoms. The van der Waals surface area contributed by atoms with E-state index in [-0.39, 0.29) is 5.41 Å². The average Bonchev–Trinajstić information content (AvgIpc) is 2.78. The predicted octanol–water partition coefficient (Wildman–Crippen LogP) is 3.49. The summed E-state index contributed by atoms with van der Waals surface area (Å²) in [5.74, 6) is 0. The van der Waals surface area contributed by atoms with E-state index < -0.39 is 0 Å². The number of hydrogen-bond donors (Lipinski definition) is 1. The Hall–Kier alpha value is -1.27. The maximum atomic E-state index is 8.96. The quantitative estimate of drug-likeness (QED) is 0.801. The molecule has 3 nitrogen and oxygen atoms in total. The van der Waals surface area contributed by atoms with Crippen LogP contribution < -0.4 is 5.32 Å². The predicted molar refractivity (Wildman–Crippen MR) is 75.2 cm³/mol. The van der Waals surface area contributed by atoms with Crippen molar-refractivity contribution < 1.29 is 0 Å². The Morgan fingerprint density at radius 2 is 2.22 bits per heavy atom. The lowest BCUT2D eigenvalue weighted by molar-refractivity contribution is 0.415. The van der Waals surface area contributed by atoms with E-state index in [1.807, 2.05) is 13.8 Å². The maximum Gasteiger partial charge on any atom is 0.0683 e. The van der Waals surface area contributed by atoms with Crippen LogP contribution in [0.15, 0.2) is 18.5 Å². The Bertz CT molecular complexity index is 398. The molecule has 1 rings (SSSR count). The van der Waals surface area contributed by atoms with Gasteiger partial charge in [-0.3, -0.25) is 0 Å². The van der Waals surface area contributed by atoms with Crippen LogP contribution in [0.2, 0.25) is 0 Å². The number of rotatable bonds is 7. The zero-order valence-corrected chi connectivity index (χ0v) is 12.0. The van der Waals surface area contributed by atoms with E-state index >= 15 is 0 Å². The fraction of sp³-hybridized carbons (Fsp3) is 0.667. The van der Waals surface area contributed by atoms with E-state index in [0.717, 1.165) is 25.9 Å². The van der Waals surface area contributed by atoms with Gasteiger partial charge in [0.05, 0.1) is 11.5 Å². The zero-order valence-electron chi connectivity index (χ0n) is 12.0. The van der Waals surface area contributed by atoms with Gasteiger partial charge >= 0.3 is 0 Å². The van der Waals surface area contributed by atoms with Crippen LogP contribution >= 0.6 is 0 Å². The number of nitriles is 1. The fourth-order valence-corrected chi connectivity index (χ4v) is 2.04. The summed E-state index contributed by atoms with van der Waals surface area (Å²) < 4.78 is 2.22. The molecule has 0 spiro atoms. The van der Waals surface area contributed by atoms with Gasteiger partial charge in [-0.05, 0) is 51.8 Å². The van der Waals surface area contributed by atoms with Crippen LogP contribution in [-0.4, -0.2) is 11.1 Å². The number of aryl methyl sites for hydroxylation is 1. The number of hydrogen-bond acceptors (Lipinski definition) is 2. The molecule has 0 radical (unpaired) electrons. The lowest BCUT2D eigenvalue weighted by Gasteiger charge is -2.14. The summed E-state index contributed by atoms with van der Waals surface area (Å²) in [6, 6.07) is 4.93. The molecule has 1 aromatic heterocycles. The second-order valence-electron chi connectivity index (χ2n) is 5.56. The van der Waals surface area contributed by atoms with Crippen molar-refractivity contribution in [2.75, 3.05) is 6.54 Å². The topological polar surface area (TPSA) is 40.8 Å². The molecule has 1 N–H and O–H groups in total. The molecule has 3 heteroatoms. The summed E-state index contributed by atoms with van der Waals surface area (Å²) in [7, 11) is 0. The fourth-order valence-electron chi connectivity index (χ4n) is 2.04. The smallest absolute Gasteiger partial charge is 0.0683 e. The Balaban J connectivity index is 2.43. The first-order valence-corrected chi connectivity index (χ1v) is 6.79. The molecule has 18 heavy (non-hydrogen) atoms. The third kappa shape index (κ3) is 4.54. The van der Waals surface area contributed by atoms with Crippen molar-refractivity contribution in [2.45, 2.75) is 53.1 Å². The van der Waals surface area contributed by atoms with Crippen LogP contribution in [0.25, 0.3) is 0 Å². The van der Waals surface area contributed by atoms with Crippen molar-refractivity contribution >= 4 is 0 Å². The van der Waals surface area contributed by atoms with E-state index in [1.165, 1.54) is 5.56 Å². The standard InChI is InChI=1S/C15H25N3/c1-5-17-13(2)14-7-10-18(11-14)9-6-8-15(3,4)12-16/h7,10-11,13,17H,5-6,8-9H2,1-4H3. The highest BCUT2D eigenvalue weighted by molar-refractivity contribution is 5.14. The maximum absolute atomic E-state index is 8.96. The van der Waals surface area contributed by atoms with Gasteiger partial charge < -0.3 is 9.88 Å². The molecular formula is C15H25N3. The Kier molecular flexibility index (Phi) is 5.43. The number of aromatic nitrogens is 1. The van der Waals surface area contributed by atoms with E-state index in [9.17, 15) is 0 Å². The largest absolute Gasteiger partial charge is 0.354 e. The molecule has 1 aromatic rings. The molecule has 0 amide bonds. The molecule has 0 saturated heterocycles. The van der Waals surface area contributed by atoms with Crippen molar-refractivity contribution in [3.63, 3.8) is 0 Å². The molecule has 0 aliphatic rings. The normalized spacial score (nSPS) is 13.3. The Morgan fingerprint density at radius 1 is 1.50 bits per heavy atom. The second kappa shape index (κ2) is 6.61. The van der Waals surface area contributed by atoms with Gasteiger partial charge in [-0.25, -0.2) is 0 Å². The summed E-state index contributed by atoms with van der Waals surface area (Å²) in [5, 5.41) is 12.4. The SMILES string of the molecule is CCNC(C)c1ccn(CCCC(C)(C)C#N)c1. The Labute approximate surface area is 111 Å². The van der Waals surface area contributed by atoms with Gasteiger partial charge in [-0.1, -0.05) is 6.92 Å². The highest BCUT2D eigenvalue weighted by Crippen LogP contribution is 2.21. The van der Waals surface area contributed by atoms with Gasteiger partial charge in [0, 0.05) is 25.0 Å². The third-order valence-electron chi connectivity index (χ3n) is 3.30. The molecule has 0 aliphatic carbocycles. The summed E-state index contributed by atoms with van der Waals surface area (Å²) in [4.78, 5) is 0. The lowest BCUT2D eigenvalue weighted by atomic mass is 9.90. The minimum absolute atomic E-state index is 0.201. The highest BCUT2D eigenvalue weighted by atomic mass is 15.0. The van der Waals surface area contributed by atoms with E-state index in [1.54, 1.807) is 0 Å². The van der Waals surface area contributed by atoms with Crippen LogP contribution in [0, 0.1) is 16.7 Å². The van der Waals surface area contributed by atoms with Crippen molar-refractivity contribution in [3.05, 3.63) is 24.0 Å². The van der Waals surface area contributed by atoms with Crippen LogP contribution in [0.1, 0.15) is 52.1 Å². The number of nitrogens with one attached hydrogen (secondary N) is 1. The highest BCUT2D eigenvalue weighted by Gasteiger charge is 2.15.